The number of rotatable bonds is 3. The van der Waals surface area contributed by atoms with Crippen LogP contribution in [0.25, 0.3) is 0 Å². The van der Waals surface area contributed by atoms with Crippen molar-refractivity contribution in [3.05, 3.63) is 29.8 Å². The van der Waals surface area contributed by atoms with Gasteiger partial charge in [-0.25, -0.2) is 9.18 Å². The molecule has 1 aromatic carbocycles. The van der Waals surface area contributed by atoms with Crippen molar-refractivity contribution in [2.45, 2.75) is 11.1 Å². The van der Waals surface area contributed by atoms with Crippen molar-refractivity contribution in [1.29, 1.82) is 0 Å². The summed E-state index contributed by atoms with van der Waals surface area (Å²) >= 11 is 1.40. The molecule has 0 aliphatic rings. The van der Waals surface area contributed by atoms with Gasteiger partial charge in [0.15, 0.2) is 0 Å². The minimum absolute atomic E-state index is 0.367. The number of halogens is 1. The van der Waals surface area contributed by atoms with Gasteiger partial charge in [-0.2, -0.15) is 0 Å². The Labute approximate surface area is 86.5 Å². The predicted molar refractivity (Wildman–Crippen MR) is 54.1 cm³/mol. The zero-order chi connectivity index (χ0) is 10.6. The van der Waals surface area contributed by atoms with Crippen molar-refractivity contribution >= 4 is 17.7 Å². The topological polar surface area (TPSA) is 26.3 Å². The van der Waals surface area contributed by atoms with E-state index >= 15 is 0 Å². The molecule has 0 amide bonds. The van der Waals surface area contributed by atoms with E-state index < -0.39 is 12.1 Å². The lowest BCUT2D eigenvalue weighted by Crippen LogP contribution is -2.10. The lowest BCUT2D eigenvalue weighted by molar-refractivity contribution is -0.146. The van der Waals surface area contributed by atoms with Gasteiger partial charge in [0, 0.05) is 10.5 Å². The molecule has 0 aromatic heterocycles. The minimum Gasteiger partial charge on any atom is -0.467 e. The Kier molecular flexibility index (Phi) is 3.95. The minimum atomic E-state index is -1.69. The number of ether oxygens (including phenoxy) is 1. The highest BCUT2D eigenvalue weighted by Crippen LogP contribution is 2.28. The van der Waals surface area contributed by atoms with Crippen LogP contribution in [-0.4, -0.2) is 19.3 Å². The third-order valence-electron chi connectivity index (χ3n) is 1.82. The van der Waals surface area contributed by atoms with Crippen molar-refractivity contribution in [2.24, 2.45) is 0 Å². The van der Waals surface area contributed by atoms with Gasteiger partial charge < -0.3 is 4.74 Å². The summed E-state index contributed by atoms with van der Waals surface area (Å²) < 4.78 is 17.8. The number of hydrogen-bond donors (Lipinski definition) is 0. The zero-order valence-corrected chi connectivity index (χ0v) is 8.81. The van der Waals surface area contributed by atoms with Crippen LogP contribution in [0.1, 0.15) is 11.7 Å². The van der Waals surface area contributed by atoms with E-state index in [0.29, 0.717) is 5.56 Å². The van der Waals surface area contributed by atoms with Crippen LogP contribution in [0.4, 0.5) is 4.39 Å². The van der Waals surface area contributed by atoms with E-state index in [1.165, 1.54) is 18.9 Å². The van der Waals surface area contributed by atoms with Gasteiger partial charge >= 0.3 is 5.97 Å². The van der Waals surface area contributed by atoms with Crippen LogP contribution < -0.4 is 0 Å². The van der Waals surface area contributed by atoms with Gasteiger partial charge in [0.2, 0.25) is 6.17 Å². The molecule has 0 aliphatic heterocycles. The molecule has 1 atom stereocenters. The Bertz CT molecular complexity index is 328. The summed E-state index contributed by atoms with van der Waals surface area (Å²) in [6, 6.07) is 6.87. The van der Waals surface area contributed by atoms with Crippen molar-refractivity contribution in [2.75, 3.05) is 13.4 Å². The summed E-state index contributed by atoms with van der Waals surface area (Å²) in [5.41, 5.74) is 0.367. The zero-order valence-electron chi connectivity index (χ0n) is 7.99. The standard InChI is InChI=1S/C10H11FO2S/c1-13-10(12)9(11)7-5-3-4-6-8(7)14-2/h3-6,9H,1-2H3. The molecule has 0 heterocycles. The second-order valence-corrected chi connectivity index (χ2v) is 3.48. The Morgan fingerprint density at radius 3 is 2.71 bits per heavy atom. The van der Waals surface area contributed by atoms with Crippen LogP contribution in [0.15, 0.2) is 29.2 Å². The Morgan fingerprint density at radius 2 is 2.14 bits per heavy atom. The van der Waals surface area contributed by atoms with Crippen LogP contribution in [0.2, 0.25) is 0 Å². The monoisotopic (exact) mass is 214 g/mol. The number of hydrogen-bond acceptors (Lipinski definition) is 3. The molecule has 0 N–H and O–H groups in total. The van der Waals surface area contributed by atoms with Gasteiger partial charge in [0.1, 0.15) is 0 Å². The summed E-state index contributed by atoms with van der Waals surface area (Å²) in [5.74, 6) is -0.855. The van der Waals surface area contributed by atoms with Gasteiger partial charge in [-0.15, -0.1) is 11.8 Å². The second-order valence-electron chi connectivity index (χ2n) is 2.63. The molecule has 2 nitrogen and oxygen atoms in total. The summed E-state index contributed by atoms with van der Waals surface area (Å²) in [6.45, 7) is 0. The van der Waals surface area contributed by atoms with E-state index in [4.69, 9.17) is 0 Å². The molecule has 14 heavy (non-hydrogen) atoms. The van der Waals surface area contributed by atoms with Crippen LogP contribution in [0.5, 0.6) is 0 Å². The van der Waals surface area contributed by atoms with E-state index in [0.717, 1.165) is 4.90 Å². The quantitative estimate of drug-likeness (QED) is 0.571. The van der Waals surface area contributed by atoms with Crippen molar-refractivity contribution < 1.29 is 13.9 Å². The fraction of sp³-hybridized carbons (Fsp3) is 0.300. The average Bonchev–Trinajstić information content (AvgIpc) is 2.26. The summed E-state index contributed by atoms with van der Waals surface area (Å²) in [6.07, 6.45) is 0.145. The molecule has 0 spiro atoms. The number of carbonyl (C=O) groups is 1. The maximum Gasteiger partial charge on any atom is 0.345 e. The van der Waals surface area contributed by atoms with E-state index in [2.05, 4.69) is 4.74 Å². The van der Waals surface area contributed by atoms with Crippen LogP contribution in [0, 0.1) is 0 Å². The van der Waals surface area contributed by atoms with Crippen LogP contribution in [-0.2, 0) is 9.53 Å². The molecule has 0 bridgehead atoms. The number of carbonyl (C=O) groups excluding carboxylic acids is 1. The third kappa shape index (κ3) is 2.26. The second kappa shape index (κ2) is 5.00. The first-order valence-corrected chi connectivity index (χ1v) is 5.28. The van der Waals surface area contributed by atoms with Gasteiger partial charge in [-0.1, -0.05) is 18.2 Å². The average molecular weight is 214 g/mol. The van der Waals surface area contributed by atoms with Crippen LogP contribution in [0.3, 0.4) is 0 Å². The smallest absolute Gasteiger partial charge is 0.345 e. The summed E-state index contributed by atoms with van der Waals surface area (Å²) in [7, 11) is 1.18. The normalized spacial score (nSPS) is 12.2. The van der Waals surface area contributed by atoms with E-state index in [9.17, 15) is 9.18 Å². The molecule has 1 aromatic rings. The van der Waals surface area contributed by atoms with Crippen LogP contribution >= 0.6 is 11.8 Å². The van der Waals surface area contributed by atoms with Gasteiger partial charge in [0.25, 0.3) is 0 Å². The van der Waals surface area contributed by atoms with Gasteiger partial charge in [-0.3, -0.25) is 0 Å². The Balaban J connectivity index is 2.99. The van der Waals surface area contributed by atoms with E-state index in [1.54, 1.807) is 24.3 Å². The highest BCUT2D eigenvalue weighted by Gasteiger charge is 2.22. The molecule has 76 valence electrons. The number of thioether (sulfide) groups is 1. The van der Waals surface area contributed by atoms with Crippen molar-refractivity contribution in [1.82, 2.24) is 0 Å². The number of methoxy groups -OCH3 is 1. The van der Waals surface area contributed by atoms with Gasteiger partial charge in [0.05, 0.1) is 7.11 Å². The summed E-state index contributed by atoms with van der Waals surface area (Å²) in [4.78, 5) is 11.7. The SMILES string of the molecule is COC(=O)C(F)c1ccccc1SC. The highest BCUT2D eigenvalue weighted by atomic mass is 32.2. The van der Waals surface area contributed by atoms with E-state index in [-0.39, 0.29) is 0 Å². The first kappa shape index (κ1) is 11.0. The van der Waals surface area contributed by atoms with Gasteiger partial charge in [-0.05, 0) is 12.3 Å². The molecule has 0 radical (unpaired) electrons. The molecule has 0 saturated heterocycles. The largest absolute Gasteiger partial charge is 0.467 e. The molecular weight excluding hydrogens is 203 g/mol. The maximum atomic E-state index is 13.5. The van der Waals surface area contributed by atoms with Crippen molar-refractivity contribution in [3.8, 4) is 0 Å². The molecule has 1 rings (SSSR count). The first-order valence-electron chi connectivity index (χ1n) is 4.05. The fourth-order valence-corrected chi connectivity index (χ4v) is 1.73. The first-order chi connectivity index (χ1) is 6.70. The number of benzene rings is 1. The van der Waals surface area contributed by atoms with E-state index in [1.807, 2.05) is 6.26 Å². The molecule has 0 aliphatic carbocycles. The number of alkyl halides is 1. The molecule has 0 saturated carbocycles. The highest BCUT2D eigenvalue weighted by molar-refractivity contribution is 7.98. The molecule has 0 fully saturated rings. The molecular formula is C10H11FO2S. The summed E-state index contributed by atoms with van der Waals surface area (Å²) in [5, 5.41) is 0. The number of esters is 1. The maximum absolute atomic E-state index is 13.5. The fourth-order valence-electron chi connectivity index (χ4n) is 1.11. The Hall–Kier alpha value is -1.03. The molecule has 4 heteroatoms. The lowest BCUT2D eigenvalue weighted by atomic mass is 10.1. The predicted octanol–water partition coefficient (Wildman–Crippen LogP) is 2.59. The Morgan fingerprint density at radius 1 is 1.50 bits per heavy atom. The lowest BCUT2D eigenvalue weighted by Gasteiger charge is -2.09. The molecule has 1 unspecified atom stereocenters. The van der Waals surface area contributed by atoms with Crippen molar-refractivity contribution in [3.63, 3.8) is 0 Å². The third-order valence-corrected chi connectivity index (χ3v) is 2.63.